The lowest BCUT2D eigenvalue weighted by Crippen LogP contribution is -2.37. The minimum absolute atomic E-state index is 0.0372. The van der Waals surface area contributed by atoms with Crippen LogP contribution in [0.4, 0.5) is 5.82 Å². The number of nitrogens with zero attached hydrogens (tertiary/aromatic N) is 4. The Kier molecular flexibility index (Phi) is 4.63. The molecule has 2 N–H and O–H groups in total. The van der Waals surface area contributed by atoms with Gasteiger partial charge in [0.25, 0.3) is 5.91 Å². The summed E-state index contributed by atoms with van der Waals surface area (Å²) >= 11 is 0. The second-order valence-electron chi connectivity index (χ2n) is 7.11. The molecule has 4 rings (SSSR count). The van der Waals surface area contributed by atoms with E-state index in [1.54, 1.807) is 6.20 Å². The van der Waals surface area contributed by atoms with Gasteiger partial charge in [0.05, 0.1) is 11.8 Å². The molecule has 0 spiro atoms. The number of aliphatic hydroxyl groups is 1. The topological polar surface area (TPSA) is 85.3 Å². The van der Waals surface area contributed by atoms with E-state index in [1.165, 1.54) is 0 Å². The van der Waals surface area contributed by atoms with E-state index >= 15 is 0 Å². The van der Waals surface area contributed by atoms with Crippen molar-refractivity contribution in [1.29, 1.82) is 0 Å². The Balaban J connectivity index is 1.58. The van der Waals surface area contributed by atoms with Crippen LogP contribution in [0.25, 0.3) is 0 Å². The maximum atomic E-state index is 12.7. The number of aromatic amines is 1. The highest BCUT2D eigenvalue weighted by Gasteiger charge is 2.27. The first-order valence-electron chi connectivity index (χ1n) is 9.34. The summed E-state index contributed by atoms with van der Waals surface area (Å²) < 4.78 is 0. The molecule has 1 saturated heterocycles. The zero-order valence-corrected chi connectivity index (χ0v) is 15.1. The Hall–Kier alpha value is -2.41. The predicted octanol–water partition coefficient (Wildman–Crippen LogP) is 1.32. The molecule has 2 aromatic rings. The summed E-state index contributed by atoms with van der Waals surface area (Å²) in [6.45, 7) is 4.89. The summed E-state index contributed by atoms with van der Waals surface area (Å²) in [6, 6.07) is 3.66. The molecule has 1 amide bonds. The van der Waals surface area contributed by atoms with Gasteiger partial charge >= 0.3 is 0 Å². The molecule has 4 heterocycles. The molecule has 138 valence electrons. The number of aromatic nitrogens is 3. The molecule has 1 fully saturated rings. The van der Waals surface area contributed by atoms with E-state index in [0.29, 0.717) is 18.8 Å². The van der Waals surface area contributed by atoms with Crippen LogP contribution in [0.1, 0.15) is 40.4 Å². The average Bonchev–Trinajstić information content (AvgIpc) is 3.09. The van der Waals surface area contributed by atoms with Gasteiger partial charge in [-0.05, 0) is 38.3 Å². The SMILES string of the molecule is Cc1nc2c(c(N3CCC(O)CC3)n1)CCN(C(=O)c1ccc[nH]1)CC2. The van der Waals surface area contributed by atoms with Gasteiger partial charge in [-0.25, -0.2) is 9.97 Å². The average molecular weight is 355 g/mol. The fourth-order valence-corrected chi connectivity index (χ4v) is 3.88. The van der Waals surface area contributed by atoms with Gasteiger partial charge in [0.15, 0.2) is 0 Å². The van der Waals surface area contributed by atoms with Crippen LogP contribution < -0.4 is 4.90 Å². The standard InChI is InChI=1S/C19H25N5O2/c1-13-21-16-7-12-24(19(26)17-3-2-8-20-17)11-6-15(16)18(22-13)23-9-4-14(25)5-10-23/h2-3,8,14,20,25H,4-7,9-12H2,1H3. The maximum Gasteiger partial charge on any atom is 0.270 e. The van der Waals surface area contributed by atoms with E-state index in [2.05, 4.69) is 14.9 Å². The number of hydrogen-bond donors (Lipinski definition) is 2. The summed E-state index contributed by atoms with van der Waals surface area (Å²) in [4.78, 5) is 29.2. The van der Waals surface area contributed by atoms with Crippen molar-refractivity contribution < 1.29 is 9.90 Å². The molecule has 2 aliphatic rings. The van der Waals surface area contributed by atoms with Crippen LogP contribution >= 0.6 is 0 Å². The molecule has 2 aromatic heterocycles. The third-order valence-electron chi connectivity index (χ3n) is 5.31. The lowest BCUT2D eigenvalue weighted by atomic mass is 10.0. The Labute approximate surface area is 153 Å². The molecule has 26 heavy (non-hydrogen) atoms. The molecular formula is C19H25N5O2. The normalized spacial score (nSPS) is 18.5. The summed E-state index contributed by atoms with van der Waals surface area (Å²) in [5.41, 5.74) is 2.85. The van der Waals surface area contributed by atoms with Crippen molar-refractivity contribution >= 4 is 11.7 Å². The number of rotatable bonds is 2. The third-order valence-corrected chi connectivity index (χ3v) is 5.31. The zero-order chi connectivity index (χ0) is 18.1. The molecule has 0 radical (unpaired) electrons. The fourth-order valence-electron chi connectivity index (χ4n) is 3.88. The van der Waals surface area contributed by atoms with Crippen LogP contribution in [0.2, 0.25) is 0 Å². The van der Waals surface area contributed by atoms with Crippen molar-refractivity contribution in [3.05, 3.63) is 41.1 Å². The van der Waals surface area contributed by atoms with Crippen molar-refractivity contribution in [1.82, 2.24) is 19.9 Å². The van der Waals surface area contributed by atoms with Crippen LogP contribution in [0.15, 0.2) is 18.3 Å². The number of anilines is 1. The highest BCUT2D eigenvalue weighted by Crippen LogP contribution is 2.27. The molecule has 7 heteroatoms. The Morgan fingerprint density at radius 2 is 1.96 bits per heavy atom. The number of hydrogen-bond acceptors (Lipinski definition) is 5. The van der Waals surface area contributed by atoms with Crippen LogP contribution in [0.3, 0.4) is 0 Å². The first-order chi connectivity index (χ1) is 12.6. The summed E-state index contributed by atoms with van der Waals surface area (Å²) in [7, 11) is 0. The van der Waals surface area contributed by atoms with E-state index < -0.39 is 0 Å². The van der Waals surface area contributed by atoms with Crippen LogP contribution in [-0.4, -0.2) is 63.1 Å². The van der Waals surface area contributed by atoms with Crippen LogP contribution in [0.5, 0.6) is 0 Å². The summed E-state index contributed by atoms with van der Waals surface area (Å²) in [6.07, 6.45) is 4.62. The predicted molar refractivity (Wildman–Crippen MR) is 98.3 cm³/mol. The molecule has 2 aliphatic heterocycles. The number of amides is 1. The van der Waals surface area contributed by atoms with Gasteiger partial charge in [0.1, 0.15) is 17.3 Å². The van der Waals surface area contributed by atoms with E-state index in [4.69, 9.17) is 4.98 Å². The van der Waals surface area contributed by atoms with Crippen LogP contribution in [0, 0.1) is 6.92 Å². The van der Waals surface area contributed by atoms with E-state index in [-0.39, 0.29) is 12.0 Å². The third kappa shape index (κ3) is 3.31. The summed E-state index contributed by atoms with van der Waals surface area (Å²) in [5.74, 6) is 1.80. The molecular weight excluding hydrogens is 330 g/mol. The Morgan fingerprint density at radius 1 is 1.19 bits per heavy atom. The quantitative estimate of drug-likeness (QED) is 0.849. The van der Waals surface area contributed by atoms with Gasteiger partial charge in [-0.3, -0.25) is 4.79 Å². The van der Waals surface area contributed by atoms with Crippen molar-refractivity contribution in [3.63, 3.8) is 0 Å². The van der Waals surface area contributed by atoms with E-state index in [0.717, 1.165) is 61.7 Å². The van der Waals surface area contributed by atoms with Crippen molar-refractivity contribution in [3.8, 4) is 0 Å². The van der Waals surface area contributed by atoms with Crippen molar-refractivity contribution in [2.45, 2.75) is 38.7 Å². The first-order valence-corrected chi connectivity index (χ1v) is 9.34. The van der Waals surface area contributed by atoms with E-state index in [9.17, 15) is 9.90 Å². The Bertz CT molecular complexity index is 781. The number of carbonyl (C=O) groups excluding carboxylic acids is 1. The number of fused-ring (bicyclic) bond motifs is 1. The number of H-pyrrole nitrogens is 1. The molecule has 7 nitrogen and oxygen atoms in total. The lowest BCUT2D eigenvalue weighted by molar-refractivity contribution is 0.0757. The van der Waals surface area contributed by atoms with Gasteiger partial charge in [0.2, 0.25) is 0 Å². The van der Waals surface area contributed by atoms with Gasteiger partial charge in [0, 0.05) is 44.4 Å². The van der Waals surface area contributed by atoms with Crippen molar-refractivity contribution in [2.24, 2.45) is 0 Å². The van der Waals surface area contributed by atoms with Gasteiger partial charge in [-0.2, -0.15) is 0 Å². The number of aryl methyl sites for hydroxylation is 1. The number of piperidine rings is 1. The molecule has 0 unspecified atom stereocenters. The molecule has 0 bridgehead atoms. The second-order valence-corrected chi connectivity index (χ2v) is 7.11. The van der Waals surface area contributed by atoms with Gasteiger partial charge < -0.3 is 19.9 Å². The monoisotopic (exact) mass is 355 g/mol. The zero-order valence-electron chi connectivity index (χ0n) is 15.1. The molecule has 0 aromatic carbocycles. The number of carbonyl (C=O) groups is 1. The smallest absolute Gasteiger partial charge is 0.270 e. The highest BCUT2D eigenvalue weighted by molar-refractivity contribution is 5.92. The minimum atomic E-state index is -0.207. The van der Waals surface area contributed by atoms with Crippen LogP contribution in [-0.2, 0) is 12.8 Å². The first kappa shape index (κ1) is 17.0. The lowest BCUT2D eigenvalue weighted by Gasteiger charge is -2.32. The summed E-state index contributed by atoms with van der Waals surface area (Å²) in [5, 5.41) is 9.79. The second kappa shape index (κ2) is 7.07. The number of nitrogens with one attached hydrogen (secondary N) is 1. The van der Waals surface area contributed by atoms with Gasteiger partial charge in [-0.15, -0.1) is 0 Å². The minimum Gasteiger partial charge on any atom is -0.393 e. The molecule has 0 aliphatic carbocycles. The Morgan fingerprint density at radius 3 is 2.69 bits per heavy atom. The van der Waals surface area contributed by atoms with Crippen molar-refractivity contribution in [2.75, 3.05) is 31.1 Å². The maximum absolute atomic E-state index is 12.7. The highest BCUT2D eigenvalue weighted by atomic mass is 16.3. The largest absolute Gasteiger partial charge is 0.393 e. The van der Waals surface area contributed by atoms with E-state index in [1.807, 2.05) is 24.0 Å². The fraction of sp³-hybridized carbons (Fsp3) is 0.526. The molecule has 0 atom stereocenters. The number of aliphatic hydroxyl groups excluding tert-OH is 1. The molecule has 0 saturated carbocycles. The van der Waals surface area contributed by atoms with Gasteiger partial charge in [-0.1, -0.05) is 0 Å².